The molecular formula is C10H8BF3KN. The van der Waals surface area contributed by atoms with Gasteiger partial charge in [0.2, 0.25) is 0 Å². The SMILES string of the molecule is Cc1cc([B-](F)(F)F)c2ccccc2n1.[K+]. The van der Waals surface area contributed by atoms with E-state index in [0.29, 0.717) is 11.2 Å². The van der Waals surface area contributed by atoms with Gasteiger partial charge in [-0.3, -0.25) is 4.98 Å². The van der Waals surface area contributed by atoms with Gasteiger partial charge in [0.1, 0.15) is 0 Å². The van der Waals surface area contributed by atoms with E-state index in [2.05, 4.69) is 4.98 Å². The average Bonchev–Trinajstić information content (AvgIpc) is 2.15. The maximum absolute atomic E-state index is 12.7. The maximum Gasteiger partial charge on any atom is 1.00 e. The Hall–Kier alpha value is 0.121. The Labute approximate surface area is 134 Å². The normalized spacial score (nSPS) is 11.2. The van der Waals surface area contributed by atoms with E-state index in [1.54, 1.807) is 25.1 Å². The van der Waals surface area contributed by atoms with Gasteiger partial charge in [-0.1, -0.05) is 29.7 Å². The number of hydrogen-bond acceptors (Lipinski definition) is 1. The fourth-order valence-electron chi connectivity index (χ4n) is 1.61. The number of nitrogens with zero attached hydrogens (tertiary/aromatic N) is 1. The molecule has 1 aromatic carbocycles. The van der Waals surface area contributed by atoms with Crippen LogP contribution < -0.4 is 56.8 Å². The molecule has 0 aliphatic heterocycles. The van der Waals surface area contributed by atoms with Crippen LogP contribution in [-0.4, -0.2) is 12.0 Å². The summed E-state index contributed by atoms with van der Waals surface area (Å²) in [6.07, 6.45) is 0. The number of pyridine rings is 1. The molecule has 0 saturated carbocycles. The van der Waals surface area contributed by atoms with Crippen molar-refractivity contribution in [3.05, 3.63) is 36.0 Å². The number of fused-ring (bicyclic) bond motifs is 1. The molecule has 2 aromatic rings. The first-order chi connectivity index (χ1) is 6.98. The third kappa shape index (κ3) is 2.87. The molecule has 0 spiro atoms. The van der Waals surface area contributed by atoms with Crippen molar-refractivity contribution in [1.82, 2.24) is 4.98 Å². The molecule has 0 saturated heterocycles. The molecule has 78 valence electrons. The molecule has 1 heterocycles. The average molecular weight is 249 g/mol. The van der Waals surface area contributed by atoms with E-state index in [9.17, 15) is 12.9 Å². The number of halogens is 3. The van der Waals surface area contributed by atoms with Gasteiger partial charge < -0.3 is 12.9 Å². The van der Waals surface area contributed by atoms with Crippen LogP contribution >= 0.6 is 0 Å². The van der Waals surface area contributed by atoms with Crippen molar-refractivity contribution in [3.8, 4) is 0 Å². The predicted molar refractivity (Wildman–Crippen MR) is 55.2 cm³/mol. The Kier molecular flexibility index (Phi) is 4.59. The van der Waals surface area contributed by atoms with Gasteiger partial charge in [-0.25, -0.2) is 0 Å². The monoisotopic (exact) mass is 249 g/mol. The van der Waals surface area contributed by atoms with Crippen LogP contribution in [0.3, 0.4) is 0 Å². The van der Waals surface area contributed by atoms with Gasteiger partial charge in [-0.05, 0) is 18.4 Å². The molecule has 0 fully saturated rings. The second-order valence-electron chi connectivity index (χ2n) is 3.44. The van der Waals surface area contributed by atoms with Crippen molar-refractivity contribution in [2.45, 2.75) is 6.92 Å². The molecule has 0 N–H and O–H groups in total. The third-order valence-electron chi connectivity index (χ3n) is 2.23. The smallest absolute Gasteiger partial charge is 0.445 e. The Morgan fingerprint density at radius 1 is 1.12 bits per heavy atom. The minimum absolute atomic E-state index is 0. The standard InChI is InChI=1S/C10H8BF3N.K/c1-7-6-9(11(12,13)14)8-4-2-3-5-10(8)15-7;/h2-6H,1H3;/q-1;+1. The Morgan fingerprint density at radius 2 is 1.75 bits per heavy atom. The van der Waals surface area contributed by atoms with Gasteiger partial charge in [0.05, 0.1) is 5.52 Å². The largest absolute Gasteiger partial charge is 1.00 e. The number of aromatic nitrogens is 1. The summed E-state index contributed by atoms with van der Waals surface area (Å²) < 4.78 is 38.2. The van der Waals surface area contributed by atoms with Crippen LogP contribution in [0, 0.1) is 6.92 Å². The van der Waals surface area contributed by atoms with Crippen molar-refractivity contribution in [2.75, 3.05) is 0 Å². The van der Waals surface area contributed by atoms with Crippen LogP contribution in [0.25, 0.3) is 10.9 Å². The van der Waals surface area contributed by atoms with Crippen LogP contribution in [0.15, 0.2) is 30.3 Å². The van der Waals surface area contributed by atoms with Crippen LogP contribution in [0.4, 0.5) is 12.9 Å². The zero-order valence-electron chi connectivity index (χ0n) is 9.05. The Morgan fingerprint density at radius 3 is 2.38 bits per heavy atom. The van der Waals surface area contributed by atoms with Crippen LogP contribution in [-0.2, 0) is 0 Å². The van der Waals surface area contributed by atoms with Crippen molar-refractivity contribution in [1.29, 1.82) is 0 Å². The number of hydrogen-bond donors (Lipinski definition) is 0. The summed E-state index contributed by atoms with van der Waals surface area (Å²) in [6.45, 7) is -3.41. The fourth-order valence-corrected chi connectivity index (χ4v) is 1.61. The van der Waals surface area contributed by atoms with Gasteiger partial charge >= 0.3 is 58.4 Å². The summed E-state index contributed by atoms with van der Waals surface area (Å²) >= 11 is 0. The van der Waals surface area contributed by atoms with E-state index in [1.165, 1.54) is 6.07 Å². The zero-order chi connectivity index (χ0) is 11.1. The summed E-state index contributed by atoms with van der Waals surface area (Å²) in [7, 11) is 0. The molecule has 0 amide bonds. The summed E-state index contributed by atoms with van der Waals surface area (Å²) in [6, 6.07) is 7.41. The number of rotatable bonds is 1. The van der Waals surface area contributed by atoms with E-state index >= 15 is 0 Å². The minimum Gasteiger partial charge on any atom is -0.445 e. The van der Waals surface area contributed by atoms with Crippen molar-refractivity contribution < 1.29 is 64.3 Å². The molecule has 0 radical (unpaired) electrons. The van der Waals surface area contributed by atoms with Gasteiger partial charge in [-0.15, -0.1) is 0 Å². The van der Waals surface area contributed by atoms with Crippen LogP contribution in [0.5, 0.6) is 0 Å². The molecule has 0 bridgehead atoms. The maximum atomic E-state index is 12.7. The molecule has 16 heavy (non-hydrogen) atoms. The van der Waals surface area contributed by atoms with Crippen molar-refractivity contribution in [3.63, 3.8) is 0 Å². The molecule has 1 nitrogen and oxygen atoms in total. The van der Waals surface area contributed by atoms with Gasteiger partial charge in [-0.2, -0.15) is 0 Å². The van der Waals surface area contributed by atoms with E-state index in [1.807, 2.05) is 0 Å². The topological polar surface area (TPSA) is 12.9 Å². The van der Waals surface area contributed by atoms with Gasteiger partial charge in [0, 0.05) is 5.69 Å². The first-order valence-corrected chi connectivity index (χ1v) is 4.55. The second kappa shape index (κ2) is 5.18. The van der Waals surface area contributed by atoms with Crippen molar-refractivity contribution in [2.24, 2.45) is 0 Å². The summed E-state index contributed by atoms with van der Waals surface area (Å²) in [5.74, 6) is 0. The summed E-state index contributed by atoms with van der Waals surface area (Å²) in [5.41, 5.74) is 0.229. The molecule has 1 aromatic heterocycles. The molecule has 0 aliphatic carbocycles. The van der Waals surface area contributed by atoms with Crippen molar-refractivity contribution >= 4 is 23.3 Å². The molecule has 0 unspecified atom stereocenters. The molecule has 0 aliphatic rings. The number of benzene rings is 1. The summed E-state index contributed by atoms with van der Waals surface area (Å²) in [4.78, 5) is 4.06. The van der Waals surface area contributed by atoms with Gasteiger partial charge in [0.15, 0.2) is 0 Å². The Bertz CT molecular complexity index is 513. The van der Waals surface area contributed by atoms with Crippen LogP contribution in [0.1, 0.15) is 5.69 Å². The number of para-hydroxylation sites is 1. The fraction of sp³-hybridized carbons (Fsp3) is 0.100. The molecule has 0 atom stereocenters. The first kappa shape index (κ1) is 14.2. The number of aryl methyl sites for hydroxylation is 1. The third-order valence-corrected chi connectivity index (χ3v) is 2.23. The quantitative estimate of drug-likeness (QED) is 0.627. The summed E-state index contributed by atoms with van der Waals surface area (Å²) in [5, 5.41) is 0.176. The van der Waals surface area contributed by atoms with E-state index < -0.39 is 12.4 Å². The Balaban J connectivity index is 0.00000128. The predicted octanol–water partition coefficient (Wildman–Crippen LogP) is -0.398. The molecular weight excluding hydrogens is 241 g/mol. The van der Waals surface area contributed by atoms with E-state index in [-0.39, 0.29) is 56.8 Å². The van der Waals surface area contributed by atoms with E-state index in [0.717, 1.165) is 6.07 Å². The van der Waals surface area contributed by atoms with E-state index in [4.69, 9.17) is 0 Å². The minimum atomic E-state index is -4.98. The van der Waals surface area contributed by atoms with Crippen LogP contribution in [0.2, 0.25) is 0 Å². The molecule has 6 heteroatoms. The zero-order valence-corrected chi connectivity index (χ0v) is 12.2. The molecule has 2 rings (SSSR count). The van der Waals surface area contributed by atoms with Gasteiger partial charge in [0.25, 0.3) is 0 Å². The first-order valence-electron chi connectivity index (χ1n) is 4.55. The second-order valence-corrected chi connectivity index (χ2v) is 3.44.